The van der Waals surface area contributed by atoms with Crippen molar-refractivity contribution < 1.29 is 9.47 Å². The number of aliphatic imine (C=N–C) groups is 1. The van der Waals surface area contributed by atoms with E-state index in [-0.39, 0.29) is 5.69 Å². The average Bonchev–Trinajstić information content (AvgIpc) is 3.02. The Balaban J connectivity index is 1.76. The Morgan fingerprint density at radius 1 is 0.857 bits per heavy atom. The second kappa shape index (κ2) is 6.41. The van der Waals surface area contributed by atoms with E-state index in [2.05, 4.69) is 4.98 Å². The zero-order valence-corrected chi connectivity index (χ0v) is 15.4. The third-order valence-corrected chi connectivity index (χ3v) is 5.71. The molecule has 0 bridgehead atoms. The van der Waals surface area contributed by atoms with Crippen LogP contribution in [-0.4, -0.2) is 26.8 Å². The van der Waals surface area contributed by atoms with E-state index in [4.69, 9.17) is 4.99 Å². The van der Waals surface area contributed by atoms with Crippen molar-refractivity contribution in [3.05, 3.63) is 82.5 Å². The summed E-state index contributed by atoms with van der Waals surface area (Å²) in [5.74, 6) is 0. The van der Waals surface area contributed by atoms with E-state index in [9.17, 15) is 10.4 Å². The smallest absolute Gasteiger partial charge is 0.314 e. The number of benzene rings is 2. The van der Waals surface area contributed by atoms with Crippen molar-refractivity contribution in [2.24, 2.45) is 4.99 Å². The van der Waals surface area contributed by atoms with Crippen LogP contribution in [0, 0.1) is 10.4 Å². The van der Waals surface area contributed by atoms with Gasteiger partial charge in [-0.1, -0.05) is 48.9 Å². The number of hydrogen-bond donors (Lipinski definition) is 0. The van der Waals surface area contributed by atoms with E-state index in [1.807, 2.05) is 36.4 Å². The fourth-order valence-electron chi connectivity index (χ4n) is 4.28. The van der Waals surface area contributed by atoms with Gasteiger partial charge in [-0.15, -0.1) is 0 Å². The molecule has 5 rings (SSSR count). The van der Waals surface area contributed by atoms with E-state index >= 15 is 0 Å². The molecule has 1 spiro atoms. The van der Waals surface area contributed by atoms with Gasteiger partial charge in [0.25, 0.3) is 5.66 Å². The molecule has 0 atom stereocenters. The van der Waals surface area contributed by atoms with Gasteiger partial charge in [-0.25, -0.2) is 9.98 Å². The van der Waals surface area contributed by atoms with Crippen molar-refractivity contribution in [1.82, 2.24) is 4.98 Å². The number of nitrogens with zero attached hydrogens (tertiary/aromatic N) is 4. The summed E-state index contributed by atoms with van der Waals surface area (Å²) in [4.78, 5) is 9.34. The highest BCUT2D eigenvalue weighted by molar-refractivity contribution is 6.51. The normalized spacial score (nSPS) is 18.6. The van der Waals surface area contributed by atoms with Crippen LogP contribution in [0.3, 0.4) is 0 Å². The van der Waals surface area contributed by atoms with Crippen molar-refractivity contribution in [2.75, 3.05) is 0 Å². The molecule has 0 saturated heterocycles. The minimum absolute atomic E-state index is 0.249. The second-order valence-corrected chi connectivity index (χ2v) is 7.44. The van der Waals surface area contributed by atoms with E-state index in [0.717, 1.165) is 34.3 Å². The lowest BCUT2D eigenvalue weighted by Gasteiger charge is -2.28. The largest absolute Gasteiger partial charge is 0.621 e. The van der Waals surface area contributed by atoms with Crippen LogP contribution in [0.15, 0.2) is 65.8 Å². The number of hydroxylamine groups is 1. The molecule has 0 unspecified atom stereocenters. The summed E-state index contributed by atoms with van der Waals surface area (Å²) in [5, 5.41) is 26.7. The Labute approximate surface area is 162 Å². The molecule has 1 fully saturated rings. The molecule has 2 aliphatic rings. The molecular formula is C22H20N4O2. The van der Waals surface area contributed by atoms with Gasteiger partial charge in [0, 0.05) is 24.5 Å². The van der Waals surface area contributed by atoms with Crippen LogP contribution >= 0.6 is 0 Å². The van der Waals surface area contributed by atoms with Crippen LogP contribution in [0.5, 0.6) is 0 Å². The average molecular weight is 372 g/mol. The highest BCUT2D eigenvalue weighted by Crippen LogP contribution is 2.37. The lowest BCUT2D eigenvalue weighted by molar-refractivity contribution is -0.590. The predicted molar refractivity (Wildman–Crippen MR) is 107 cm³/mol. The van der Waals surface area contributed by atoms with Gasteiger partial charge in [0.15, 0.2) is 5.71 Å². The van der Waals surface area contributed by atoms with Crippen molar-refractivity contribution in [3.63, 3.8) is 0 Å². The first-order valence-corrected chi connectivity index (χ1v) is 9.67. The molecule has 1 aromatic heterocycles. The van der Waals surface area contributed by atoms with Gasteiger partial charge in [-0.05, 0) is 18.9 Å². The monoisotopic (exact) mass is 372 g/mol. The van der Waals surface area contributed by atoms with Gasteiger partial charge in [0.2, 0.25) is 5.52 Å². The number of hydrogen-bond acceptors (Lipinski definition) is 4. The first-order chi connectivity index (χ1) is 13.7. The summed E-state index contributed by atoms with van der Waals surface area (Å²) >= 11 is 0. The highest BCUT2D eigenvalue weighted by atomic mass is 16.5. The van der Waals surface area contributed by atoms with Crippen molar-refractivity contribution in [3.8, 4) is 0 Å². The molecule has 6 heteroatoms. The second-order valence-electron chi connectivity index (χ2n) is 7.44. The summed E-state index contributed by atoms with van der Waals surface area (Å²) in [5.41, 5.74) is 2.23. The Bertz CT molecular complexity index is 1120. The number of aromatic nitrogens is 2. The Morgan fingerprint density at radius 2 is 1.57 bits per heavy atom. The summed E-state index contributed by atoms with van der Waals surface area (Å²) < 4.78 is 1.79. The topological polar surface area (TPSA) is 78.3 Å². The molecule has 0 amide bonds. The minimum atomic E-state index is -0.808. The van der Waals surface area contributed by atoms with E-state index in [0.29, 0.717) is 35.3 Å². The van der Waals surface area contributed by atoms with Crippen LogP contribution < -0.4 is 4.73 Å². The molecule has 3 aromatic rings. The summed E-state index contributed by atoms with van der Waals surface area (Å²) in [6.45, 7) is 0. The maximum Gasteiger partial charge on any atom is 0.314 e. The van der Waals surface area contributed by atoms with E-state index in [1.54, 1.807) is 18.2 Å². The van der Waals surface area contributed by atoms with Crippen molar-refractivity contribution in [1.29, 1.82) is 0 Å². The van der Waals surface area contributed by atoms with Gasteiger partial charge in [-0.3, -0.25) is 0 Å². The molecule has 2 heterocycles. The van der Waals surface area contributed by atoms with Gasteiger partial charge >= 0.3 is 11.4 Å². The number of para-hydroxylation sites is 2. The molecule has 1 aliphatic heterocycles. The van der Waals surface area contributed by atoms with Crippen LogP contribution in [0.1, 0.15) is 43.4 Å². The standard InChI is InChI=1S/C22H20N4O2/c27-25-18-12-6-5-11-17(18)23-15-19(25)21-20(16-9-3-1-4-10-16)24-22(26(21)28)13-7-2-8-14-22/h1,3-6,9-12,15H,2,7-8,13-14H2. The zero-order chi connectivity index (χ0) is 19.1. The molecule has 1 saturated carbocycles. The molecule has 0 radical (unpaired) electrons. The predicted octanol–water partition coefficient (Wildman–Crippen LogP) is 3.33. The number of rotatable bonds is 2. The van der Waals surface area contributed by atoms with Crippen molar-refractivity contribution in [2.45, 2.75) is 37.8 Å². The van der Waals surface area contributed by atoms with Crippen LogP contribution in [0.25, 0.3) is 11.0 Å². The van der Waals surface area contributed by atoms with Gasteiger partial charge < -0.3 is 10.4 Å². The van der Waals surface area contributed by atoms with Crippen LogP contribution in [0.2, 0.25) is 0 Å². The highest BCUT2D eigenvalue weighted by Gasteiger charge is 2.50. The molecule has 28 heavy (non-hydrogen) atoms. The Hall–Kier alpha value is -3.28. The fourth-order valence-corrected chi connectivity index (χ4v) is 4.28. The van der Waals surface area contributed by atoms with Gasteiger partial charge in [0.05, 0.1) is 0 Å². The third kappa shape index (κ3) is 2.48. The van der Waals surface area contributed by atoms with Gasteiger partial charge in [0.1, 0.15) is 11.7 Å². The third-order valence-electron chi connectivity index (χ3n) is 5.71. The van der Waals surface area contributed by atoms with E-state index in [1.165, 1.54) is 6.20 Å². The van der Waals surface area contributed by atoms with Gasteiger partial charge in [-0.2, -0.15) is 9.47 Å². The maximum absolute atomic E-state index is 13.5. The summed E-state index contributed by atoms with van der Waals surface area (Å²) in [7, 11) is 0. The van der Waals surface area contributed by atoms with Crippen LogP contribution in [0.4, 0.5) is 0 Å². The molecule has 2 aromatic carbocycles. The molecule has 6 nitrogen and oxygen atoms in total. The number of fused-ring (bicyclic) bond motifs is 1. The Morgan fingerprint density at radius 3 is 2.36 bits per heavy atom. The summed E-state index contributed by atoms with van der Waals surface area (Å²) in [6.07, 6.45) is 5.94. The quantitative estimate of drug-likeness (QED) is 0.511. The molecule has 140 valence electrons. The molecular weight excluding hydrogens is 352 g/mol. The first-order valence-electron chi connectivity index (χ1n) is 9.67. The Kier molecular flexibility index (Phi) is 3.86. The lowest BCUT2D eigenvalue weighted by Crippen LogP contribution is -2.43. The zero-order valence-electron chi connectivity index (χ0n) is 15.4. The van der Waals surface area contributed by atoms with E-state index < -0.39 is 5.66 Å². The SMILES string of the molecule is [O-][N+]1=C(c2cnc3ccccc3[n+]2[O-])C(c2ccccc2)=NC12CCCCC2. The van der Waals surface area contributed by atoms with Crippen LogP contribution in [-0.2, 0) is 0 Å². The fraction of sp³-hybridized carbons (Fsp3) is 0.273. The lowest BCUT2D eigenvalue weighted by atomic mass is 9.90. The minimum Gasteiger partial charge on any atom is -0.621 e. The van der Waals surface area contributed by atoms with Crippen molar-refractivity contribution >= 4 is 22.5 Å². The summed E-state index contributed by atoms with van der Waals surface area (Å²) in [6, 6.07) is 16.8. The maximum atomic E-state index is 13.5. The molecule has 0 N–H and O–H groups in total. The molecule has 1 aliphatic carbocycles. The first kappa shape index (κ1) is 16.9.